The maximum atomic E-state index is 5.66. The normalized spacial score (nSPS) is 10.9. The number of fused-ring (bicyclic) bond motifs is 1. The first-order valence-electron chi connectivity index (χ1n) is 6.74. The van der Waals surface area contributed by atoms with Crippen molar-refractivity contribution in [1.82, 2.24) is 14.6 Å². The summed E-state index contributed by atoms with van der Waals surface area (Å²) < 4.78 is 7.65. The lowest BCUT2D eigenvalue weighted by atomic mass is 10.3. The molecule has 1 aromatic carbocycles. The highest BCUT2D eigenvalue weighted by Crippen LogP contribution is 2.18. The van der Waals surface area contributed by atoms with Crippen molar-refractivity contribution in [2.45, 2.75) is 11.6 Å². The van der Waals surface area contributed by atoms with E-state index < -0.39 is 0 Å². The molecule has 2 aromatic heterocycles. The minimum Gasteiger partial charge on any atom is -0.494 e. The number of hydrogen-bond donors (Lipinski definition) is 1. The first-order valence-corrected chi connectivity index (χ1v) is 7.72. The van der Waals surface area contributed by atoms with Crippen molar-refractivity contribution >= 4 is 23.1 Å². The minimum absolute atomic E-state index is 0.674. The van der Waals surface area contributed by atoms with E-state index in [0.717, 1.165) is 34.4 Å². The zero-order valence-electron chi connectivity index (χ0n) is 11.5. The van der Waals surface area contributed by atoms with Gasteiger partial charge in [-0.25, -0.2) is 0 Å². The van der Waals surface area contributed by atoms with Gasteiger partial charge in [-0.05, 0) is 42.8 Å². The Morgan fingerprint density at radius 3 is 2.81 bits per heavy atom. The van der Waals surface area contributed by atoms with Crippen LogP contribution in [-0.4, -0.2) is 27.0 Å². The summed E-state index contributed by atoms with van der Waals surface area (Å²) in [6.45, 7) is 0.674. The number of rotatable bonds is 6. The second-order valence-corrected chi connectivity index (χ2v) is 5.59. The first kappa shape index (κ1) is 13.8. The van der Waals surface area contributed by atoms with Crippen LogP contribution in [0.15, 0.2) is 53.8 Å². The third-order valence-electron chi connectivity index (χ3n) is 2.95. The highest BCUT2D eigenvalue weighted by atomic mass is 32.2. The molecule has 3 rings (SSSR count). The highest BCUT2D eigenvalue weighted by molar-refractivity contribution is 7.99. The molecule has 0 aliphatic heterocycles. The lowest BCUT2D eigenvalue weighted by Crippen LogP contribution is -1.99. The summed E-state index contributed by atoms with van der Waals surface area (Å²) in [5, 5.41) is 9.22. The Bertz CT molecular complexity index is 711. The van der Waals surface area contributed by atoms with E-state index in [9.17, 15) is 0 Å². The summed E-state index contributed by atoms with van der Waals surface area (Å²) >= 11 is 1.68. The summed E-state index contributed by atoms with van der Waals surface area (Å²) in [5.74, 6) is 1.78. The molecule has 0 fully saturated rings. The third kappa shape index (κ3) is 3.46. The number of hydrogen-bond acceptors (Lipinski definition) is 5. The van der Waals surface area contributed by atoms with Gasteiger partial charge in [-0.1, -0.05) is 17.8 Å². The van der Waals surface area contributed by atoms with Gasteiger partial charge in [0.05, 0.1) is 6.61 Å². The van der Waals surface area contributed by atoms with Crippen LogP contribution in [0.3, 0.4) is 0 Å². The monoisotopic (exact) mass is 300 g/mol. The van der Waals surface area contributed by atoms with Crippen molar-refractivity contribution in [2.24, 2.45) is 0 Å². The standard InChI is InChI=1S/C15H16N4OS/c16-12-5-7-13(8-6-12)20-10-3-11-21-15-18-17-14-4-1-2-9-19(14)15/h1-2,4-9H,3,10-11,16H2. The fourth-order valence-electron chi connectivity index (χ4n) is 1.89. The summed E-state index contributed by atoms with van der Waals surface area (Å²) in [7, 11) is 0. The Balaban J connectivity index is 1.45. The van der Waals surface area contributed by atoms with Gasteiger partial charge >= 0.3 is 0 Å². The van der Waals surface area contributed by atoms with Crippen molar-refractivity contribution in [3.63, 3.8) is 0 Å². The molecule has 0 spiro atoms. The topological polar surface area (TPSA) is 65.4 Å². The third-order valence-corrected chi connectivity index (χ3v) is 3.98. The molecular formula is C15H16N4OS. The van der Waals surface area contributed by atoms with Crippen molar-refractivity contribution in [3.8, 4) is 5.75 Å². The van der Waals surface area contributed by atoms with Gasteiger partial charge in [0.1, 0.15) is 5.75 Å². The van der Waals surface area contributed by atoms with E-state index in [-0.39, 0.29) is 0 Å². The molecule has 0 radical (unpaired) electrons. The molecule has 2 heterocycles. The molecule has 0 saturated heterocycles. The second kappa shape index (κ2) is 6.49. The Labute approximate surface area is 127 Å². The van der Waals surface area contributed by atoms with Crippen LogP contribution in [0.4, 0.5) is 5.69 Å². The Kier molecular flexibility index (Phi) is 4.25. The van der Waals surface area contributed by atoms with Gasteiger partial charge < -0.3 is 10.5 Å². The molecule has 0 saturated carbocycles. The number of pyridine rings is 1. The fourth-order valence-corrected chi connectivity index (χ4v) is 2.73. The van der Waals surface area contributed by atoms with E-state index in [2.05, 4.69) is 10.2 Å². The molecule has 3 aromatic rings. The molecule has 5 nitrogen and oxygen atoms in total. The summed E-state index contributed by atoms with van der Waals surface area (Å²) in [6, 6.07) is 13.3. The number of nitrogen functional groups attached to an aromatic ring is 1. The van der Waals surface area contributed by atoms with Gasteiger partial charge in [-0.15, -0.1) is 10.2 Å². The summed E-state index contributed by atoms with van der Waals surface area (Å²) in [5.41, 5.74) is 7.25. The van der Waals surface area contributed by atoms with E-state index in [4.69, 9.17) is 10.5 Å². The van der Waals surface area contributed by atoms with Crippen LogP contribution in [0.2, 0.25) is 0 Å². The number of nitrogens with two attached hydrogens (primary N) is 1. The van der Waals surface area contributed by atoms with Gasteiger partial charge in [0.25, 0.3) is 0 Å². The van der Waals surface area contributed by atoms with Crippen LogP contribution >= 0.6 is 11.8 Å². The Morgan fingerprint density at radius 2 is 1.95 bits per heavy atom. The molecule has 2 N–H and O–H groups in total. The van der Waals surface area contributed by atoms with Crippen molar-refractivity contribution in [3.05, 3.63) is 48.7 Å². The van der Waals surface area contributed by atoms with E-state index in [1.54, 1.807) is 11.8 Å². The minimum atomic E-state index is 0.674. The van der Waals surface area contributed by atoms with Crippen LogP contribution in [0.1, 0.15) is 6.42 Å². The van der Waals surface area contributed by atoms with Gasteiger partial charge in [0.2, 0.25) is 0 Å². The van der Waals surface area contributed by atoms with Crippen molar-refractivity contribution < 1.29 is 4.74 Å². The molecular weight excluding hydrogens is 284 g/mol. The Morgan fingerprint density at radius 1 is 1.10 bits per heavy atom. The van der Waals surface area contributed by atoms with Crippen molar-refractivity contribution in [2.75, 3.05) is 18.1 Å². The predicted molar refractivity (Wildman–Crippen MR) is 84.7 cm³/mol. The lowest BCUT2D eigenvalue weighted by molar-refractivity contribution is 0.319. The molecule has 0 amide bonds. The maximum absolute atomic E-state index is 5.66. The van der Waals surface area contributed by atoms with Crippen LogP contribution < -0.4 is 10.5 Å². The maximum Gasteiger partial charge on any atom is 0.195 e. The Hall–Kier alpha value is -2.21. The average Bonchev–Trinajstić information content (AvgIpc) is 2.92. The van der Waals surface area contributed by atoms with E-state index >= 15 is 0 Å². The van der Waals surface area contributed by atoms with Gasteiger partial charge in [0.15, 0.2) is 10.8 Å². The van der Waals surface area contributed by atoms with Crippen LogP contribution in [0.25, 0.3) is 5.65 Å². The van der Waals surface area contributed by atoms with Gasteiger partial charge in [0, 0.05) is 17.6 Å². The second-order valence-electron chi connectivity index (χ2n) is 4.53. The number of benzene rings is 1. The van der Waals surface area contributed by atoms with Crippen LogP contribution in [0.5, 0.6) is 5.75 Å². The molecule has 0 unspecified atom stereocenters. The van der Waals surface area contributed by atoms with Crippen molar-refractivity contribution in [1.29, 1.82) is 0 Å². The van der Waals surface area contributed by atoms with E-state index in [0.29, 0.717) is 6.61 Å². The average molecular weight is 300 g/mol. The molecule has 6 heteroatoms. The molecule has 0 aliphatic rings. The molecule has 0 bridgehead atoms. The summed E-state index contributed by atoms with van der Waals surface area (Å²) in [4.78, 5) is 0. The van der Waals surface area contributed by atoms with Gasteiger partial charge in [-0.2, -0.15) is 0 Å². The zero-order valence-corrected chi connectivity index (χ0v) is 12.3. The molecule has 0 aliphatic carbocycles. The number of ether oxygens (including phenoxy) is 1. The van der Waals surface area contributed by atoms with Crippen LogP contribution in [0, 0.1) is 0 Å². The molecule has 21 heavy (non-hydrogen) atoms. The predicted octanol–water partition coefficient (Wildman–Crippen LogP) is 2.87. The fraction of sp³-hybridized carbons (Fsp3) is 0.200. The quantitative estimate of drug-likeness (QED) is 0.431. The highest BCUT2D eigenvalue weighted by Gasteiger charge is 2.04. The van der Waals surface area contributed by atoms with E-state index in [1.807, 2.05) is 53.1 Å². The zero-order chi connectivity index (χ0) is 14.5. The lowest BCUT2D eigenvalue weighted by Gasteiger charge is -2.05. The number of nitrogens with zero attached hydrogens (tertiary/aromatic N) is 3. The number of anilines is 1. The molecule has 0 atom stereocenters. The first-order chi connectivity index (χ1) is 10.3. The number of aromatic nitrogens is 3. The van der Waals surface area contributed by atoms with E-state index in [1.165, 1.54) is 0 Å². The number of thioether (sulfide) groups is 1. The summed E-state index contributed by atoms with van der Waals surface area (Å²) in [6.07, 6.45) is 2.92. The smallest absolute Gasteiger partial charge is 0.195 e. The molecule has 108 valence electrons. The van der Waals surface area contributed by atoms with Crippen LogP contribution in [-0.2, 0) is 0 Å². The largest absolute Gasteiger partial charge is 0.494 e. The SMILES string of the molecule is Nc1ccc(OCCCSc2nnc3ccccn23)cc1. The van der Waals surface area contributed by atoms with Gasteiger partial charge in [-0.3, -0.25) is 4.40 Å².